The van der Waals surface area contributed by atoms with E-state index in [9.17, 15) is 24.0 Å². The minimum Gasteiger partial charge on any atom is -0.426 e. The zero-order chi connectivity index (χ0) is 41.3. The highest BCUT2D eigenvalue weighted by Gasteiger charge is 2.19. The Morgan fingerprint density at radius 2 is 0.828 bits per heavy atom. The molecule has 0 saturated carbocycles. The lowest BCUT2D eigenvalue weighted by molar-refractivity contribution is -0.135. The van der Waals surface area contributed by atoms with Gasteiger partial charge in [0.1, 0.15) is 23.0 Å². The van der Waals surface area contributed by atoms with Crippen molar-refractivity contribution in [1.29, 1.82) is 0 Å². The van der Waals surface area contributed by atoms with Gasteiger partial charge < -0.3 is 18.9 Å². The highest BCUT2D eigenvalue weighted by molar-refractivity contribution is 6.00. The Kier molecular flexibility index (Phi) is 16.1. The van der Waals surface area contributed by atoms with Crippen molar-refractivity contribution in [3.63, 3.8) is 0 Å². The number of unbranched alkanes of at least 4 members (excludes halogenated alkanes) is 1. The van der Waals surface area contributed by atoms with Crippen LogP contribution in [-0.4, -0.2) is 29.7 Å². The van der Waals surface area contributed by atoms with Gasteiger partial charge in [0.05, 0.1) is 16.7 Å². The number of ether oxygens (including phenoxy) is 4. The SMILES string of the molecule is CCCCC(=O)c1cc(OC(=O)CCc2ccc(OC(=O)c3ccc(CCC)cc3)cc2)ccc1OC(=O)CCc1ccc(OC(=O)c2ccc(CCC)cc2)cc1. The summed E-state index contributed by atoms with van der Waals surface area (Å²) in [5, 5.41) is 0. The molecular formula is C49H50O9. The molecule has 0 N–H and O–H groups in total. The van der Waals surface area contributed by atoms with Crippen LogP contribution in [0.5, 0.6) is 23.0 Å². The van der Waals surface area contributed by atoms with E-state index in [1.807, 2.05) is 31.2 Å². The molecule has 5 aromatic rings. The maximum absolute atomic E-state index is 13.2. The Morgan fingerprint density at radius 1 is 0.414 bits per heavy atom. The summed E-state index contributed by atoms with van der Waals surface area (Å²) in [6, 6.07) is 33.0. The highest BCUT2D eigenvalue weighted by Crippen LogP contribution is 2.28. The summed E-state index contributed by atoms with van der Waals surface area (Å²) in [7, 11) is 0. The minimum atomic E-state index is -0.529. The quantitative estimate of drug-likeness (QED) is 0.0431. The molecule has 0 spiro atoms. The van der Waals surface area contributed by atoms with Crippen LogP contribution >= 0.6 is 0 Å². The Balaban J connectivity index is 1.11. The predicted molar refractivity (Wildman–Crippen MR) is 222 cm³/mol. The van der Waals surface area contributed by atoms with E-state index in [2.05, 4.69) is 13.8 Å². The first kappa shape index (κ1) is 42.8. The van der Waals surface area contributed by atoms with E-state index in [-0.39, 0.29) is 42.1 Å². The molecule has 0 aliphatic carbocycles. The zero-order valence-corrected chi connectivity index (χ0v) is 33.4. The third-order valence-electron chi connectivity index (χ3n) is 9.42. The lowest BCUT2D eigenvalue weighted by atomic mass is 10.0. The topological polar surface area (TPSA) is 122 Å². The number of benzene rings is 5. The molecule has 0 aromatic heterocycles. The molecule has 0 atom stereocenters. The summed E-state index contributed by atoms with van der Waals surface area (Å²) in [5.41, 5.74) is 5.12. The van der Waals surface area contributed by atoms with Crippen LogP contribution in [0.3, 0.4) is 0 Å². The molecule has 5 aromatic carbocycles. The number of hydrogen-bond acceptors (Lipinski definition) is 9. The van der Waals surface area contributed by atoms with Gasteiger partial charge in [-0.1, -0.05) is 88.6 Å². The number of hydrogen-bond donors (Lipinski definition) is 0. The van der Waals surface area contributed by atoms with Crippen molar-refractivity contribution in [2.45, 2.75) is 91.4 Å². The second kappa shape index (κ2) is 21.8. The van der Waals surface area contributed by atoms with Crippen molar-refractivity contribution >= 4 is 29.7 Å². The zero-order valence-electron chi connectivity index (χ0n) is 33.4. The van der Waals surface area contributed by atoms with Crippen LogP contribution in [0.4, 0.5) is 0 Å². The van der Waals surface area contributed by atoms with E-state index in [4.69, 9.17) is 18.9 Å². The van der Waals surface area contributed by atoms with E-state index >= 15 is 0 Å². The van der Waals surface area contributed by atoms with Crippen LogP contribution in [0, 0.1) is 0 Å². The number of esters is 4. The van der Waals surface area contributed by atoms with Crippen molar-refractivity contribution in [1.82, 2.24) is 0 Å². The standard InChI is InChI=1S/C49H50O9/c1-4-7-10-44(50)43-33-42(55-46(51)31-19-36-15-25-40(26-16-36)56-48(53)38-21-11-34(8-5-2)12-22-38)29-30-45(43)58-47(52)32-20-37-17-27-41(28-18-37)57-49(54)39-23-13-35(9-6-3)14-24-39/h11-18,21-30,33H,4-10,19-20,31-32H2,1-3H3. The molecule has 0 amide bonds. The Hall–Kier alpha value is -6.35. The summed E-state index contributed by atoms with van der Waals surface area (Å²) >= 11 is 0. The van der Waals surface area contributed by atoms with Crippen molar-refractivity contribution < 1.29 is 42.9 Å². The summed E-state index contributed by atoms with van der Waals surface area (Å²) in [5.74, 6) is -1.08. The van der Waals surface area contributed by atoms with Gasteiger partial charge >= 0.3 is 23.9 Å². The van der Waals surface area contributed by atoms with Gasteiger partial charge in [-0.05, 0) is 121 Å². The fraction of sp³-hybridized carbons (Fsp3) is 0.286. The molecule has 0 radical (unpaired) electrons. The summed E-state index contributed by atoms with van der Waals surface area (Å²) in [6.45, 7) is 6.18. The van der Waals surface area contributed by atoms with Gasteiger partial charge in [-0.3, -0.25) is 14.4 Å². The van der Waals surface area contributed by atoms with E-state index in [1.165, 1.54) is 29.3 Å². The Morgan fingerprint density at radius 3 is 1.28 bits per heavy atom. The molecule has 0 aliphatic heterocycles. The Labute approximate surface area is 340 Å². The number of ketones is 1. The number of carbonyl (C=O) groups is 5. The fourth-order valence-corrected chi connectivity index (χ4v) is 6.17. The maximum atomic E-state index is 13.2. The summed E-state index contributed by atoms with van der Waals surface area (Å²) in [6.07, 6.45) is 6.50. The van der Waals surface area contributed by atoms with Crippen LogP contribution in [0.25, 0.3) is 0 Å². The van der Waals surface area contributed by atoms with E-state index in [0.717, 1.165) is 43.2 Å². The van der Waals surface area contributed by atoms with Gasteiger partial charge in [0.2, 0.25) is 0 Å². The van der Waals surface area contributed by atoms with Crippen LogP contribution < -0.4 is 18.9 Å². The number of Topliss-reactive ketones (excluding diaryl/α,β-unsaturated/α-hetero) is 1. The first-order valence-corrected chi connectivity index (χ1v) is 20.0. The van der Waals surface area contributed by atoms with Crippen molar-refractivity contribution in [3.05, 3.63) is 154 Å². The molecule has 0 bridgehead atoms. The number of aryl methyl sites for hydroxylation is 4. The lowest BCUT2D eigenvalue weighted by Crippen LogP contribution is -2.13. The predicted octanol–water partition coefficient (Wildman–Crippen LogP) is 10.5. The summed E-state index contributed by atoms with van der Waals surface area (Å²) in [4.78, 5) is 64.1. The molecule has 0 fully saturated rings. The van der Waals surface area contributed by atoms with Gasteiger partial charge in [0.15, 0.2) is 5.78 Å². The molecular weight excluding hydrogens is 733 g/mol. The average molecular weight is 783 g/mol. The minimum absolute atomic E-state index is 0.0406. The maximum Gasteiger partial charge on any atom is 0.343 e. The molecule has 0 unspecified atom stereocenters. The molecule has 300 valence electrons. The van der Waals surface area contributed by atoms with Crippen LogP contribution in [-0.2, 0) is 35.3 Å². The average Bonchev–Trinajstić information content (AvgIpc) is 3.23. The second-order valence-electron chi connectivity index (χ2n) is 14.1. The molecule has 5 rings (SSSR count). The van der Waals surface area contributed by atoms with Crippen molar-refractivity contribution in [2.24, 2.45) is 0 Å². The highest BCUT2D eigenvalue weighted by atomic mass is 16.5. The van der Waals surface area contributed by atoms with Gasteiger partial charge in [-0.25, -0.2) is 9.59 Å². The van der Waals surface area contributed by atoms with Gasteiger partial charge in [-0.2, -0.15) is 0 Å². The summed E-state index contributed by atoms with van der Waals surface area (Å²) < 4.78 is 22.3. The third kappa shape index (κ3) is 13.1. The van der Waals surface area contributed by atoms with Crippen molar-refractivity contribution in [3.8, 4) is 23.0 Å². The smallest absolute Gasteiger partial charge is 0.343 e. The number of carbonyl (C=O) groups excluding carboxylic acids is 5. The Bertz CT molecular complexity index is 2150. The fourth-order valence-electron chi connectivity index (χ4n) is 6.17. The van der Waals surface area contributed by atoms with E-state index < -0.39 is 23.9 Å². The van der Waals surface area contributed by atoms with Crippen LogP contribution in [0.1, 0.15) is 119 Å². The lowest BCUT2D eigenvalue weighted by Gasteiger charge is -2.12. The molecule has 0 aliphatic rings. The third-order valence-corrected chi connectivity index (χ3v) is 9.42. The number of rotatable bonds is 20. The largest absolute Gasteiger partial charge is 0.426 e. The van der Waals surface area contributed by atoms with Crippen LogP contribution in [0.15, 0.2) is 115 Å². The molecule has 0 heterocycles. The molecule has 0 saturated heterocycles. The van der Waals surface area contributed by atoms with E-state index in [1.54, 1.807) is 72.8 Å². The monoisotopic (exact) mass is 782 g/mol. The normalized spacial score (nSPS) is 10.7. The van der Waals surface area contributed by atoms with Crippen LogP contribution in [0.2, 0.25) is 0 Å². The first-order valence-electron chi connectivity index (χ1n) is 20.0. The molecule has 9 heteroatoms. The van der Waals surface area contributed by atoms with E-state index in [0.29, 0.717) is 41.9 Å². The van der Waals surface area contributed by atoms with Gasteiger partial charge in [-0.15, -0.1) is 0 Å². The molecule has 9 nitrogen and oxygen atoms in total. The van der Waals surface area contributed by atoms with Crippen molar-refractivity contribution in [2.75, 3.05) is 0 Å². The second-order valence-corrected chi connectivity index (χ2v) is 14.1. The van der Waals surface area contributed by atoms with Gasteiger partial charge in [0, 0.05) is 19.3 Å². The molecule has 58 heavy (non-hydrogen) atoms. The first-order chi connectivity index (χ1) is 28.1. The van der Waals surface area contributed by atoms with Gasteiger partial charge in [0.25, 0.3) is 0 Å².